The Labute approximate surface area is 121 Å². The molecule has 2 heterocycles. The van der Waals surface area contributed by atoms with Gasteiger partial charge in [0.2, 0.25) is 11.1 Å². The van der Waals surface area contributed by atoms with Crippen LogP contribution in [0.25, 0.3) is 0 Å². The third kappa shape index (κ3) is 2.43. The molecule has 1 N–H and O–H groups in total. The fourth-order valence-corrected chi connectivity index (χ4v) is 3.23. The summed E-state index contributed by atoms with van der Waals surface area (Å²) in [5.74, 6) is 1.23. The Morgan fingerprint density at radius 1 is 1.50 bits per heavy atom. The summed E-state index contributed by atoms with van der Waals surface area (Å²) in [5.41, 5.74) is 2.28. The van der Waals surface area contributed by atoms with E-state index in [0.29, 0.717) is 10.9 Å². The number of carbonyl (C=O) groups is 1. The molecule has 3 rings (SSSR count). The fraction of sp³-hybridized carbons (Fsp3) is 0.357. The normalized spacial score (nSPS) is 17.3. The van der Waals surface area contributed by atoms with E-state index < -0.39 is 0 Å². The monoisotopic (exact) mass is 288 g/mol. The zero-order valence-electron chi connectivity index (χ0n) is 11.5. The van der Waals surface area contributed by atoms with Crippen LogP contribution in [0.2, 0.25) is 0 Å². The van der Waals surface area contributed by atoms with Crippen LogP contribution in [0.4, 0.5) is 5.69 Å². The van der Waals surface area contributed by atoms with Gasteiger partial charge in [0.1, 0.15) is 5.82 Å². The van der Waals surface area contributed by atoms with Crippen LogP contribution in [0.5, 0.6) is 0 Å². The van der Waals surface area contributed by atoms with E-state index in [1.54, 1.807) is 0 Å². The zero-order chi connectivity index (χ0) is 14.1. The van der Waals surface area contributed by atoms with E-state index in [4.69, 9.17) is 0 Å². The number of aryl methyl sites for hydroxylation is 1. The second kappa shape index (κ2) is 5.28. The molecule has 1 unspecified atom stereocenters. The molecule has 0 bridgehead atoms. The number of anilines is 1. The lowest BCUT2D eigenvalue weighted by molar-refractivity contribution is -0.116. The molecule has 0 radical (unpaired) electrons. The number of carbonyl (C=O) groups excluding carboxylic acids is 1. The molecular formula is C14H16N4OS. The Morgan fingerprint density at radius 3 is 3.05 bits per heavy atom. The molecule has 1 aromatic carbocycles. The molecule has 1 amide bonds. The van der Waals surface area contributed by atoms with Crippen molar-refractivity contribution in [1.82, 2.24) is 15.2 Å². The molecule has 2 aromatic rings. The number of aromatic nitrogens is 3. The molecule has 0 saturated carbocycles. The number of nitrogens with zero attached hydrogens (tertiary/aromatic N) is 3. The van der Waals surface area contributed by atoms with Crippen molar-refractivity contribution in [2.75, 3.05) is 10.7 Å². The van der Waals surface area contributed by atoms with Crippen molar-refractivity contribution in [3.63, 3.8) is 0 Å². The second-order valence-electron chi connectivity index (χ2n) is 4.94. The van der Waals surface area contributed by atoms with Crippen LogP contribution < -0.4 is 4.90 Å². The smallest absolute Gasteiger partial charge is 0.237 e. The molecule has 1 aliphatic heterocycles. The minimum Gasteiger partial charge on any atom is -0.308 e. The maximum Gasteiger partial charge on any atom is 0.237 e. The quantitative estimate of drug-likeness (QED) is 0.879. The lowest BCUT2D eigenvalue weighted by Crippen LogP contribution is -2.36. The maximum absolute atomic E-state index is 12.4. The third-order valence-corrected chi connectivity index (χ3v) is 4.21. The van der Waals surface area contributed by atoms with Crippen LogP contribution in [0.15, 0.2) is 29.4 Å². The van der Waals surface area contributed by atoms with Crippen LogP contribution >= 0.6 is 11.8 Å². The highest BCUT2D eigenvalue weighted by atomic mass is 32.2. The highest BCUT2D eigenvalue weighted by Crippen LogP contribution is 2.32. The van der Waals surface area contributed by atoms with Gasteiger partial charge in [0.05, 0.1) is 5.75 Å². The molecule has 20 heavy (non-hydrogen) atoms. The lowest BCUT2D eigenvalue weighted by Gasteiger charge is -2.22. The Morgan fingerprint density at radius 2 is 2.30 bits per heavy atom. The lowest BCUT2D eigenvalue weighted by atomic mass is 10.1. The van der Waals surface area contributed by atoms with Gasteiger partial charge in [0, 0.05) is 11.7 Å². The van der Waals surface area contributed by atoms with Gasteiger partial charge < -0.3 is 4.90 Å². The van der Waals surface area contributed by atoms with E-state index in [1.807, 2.05) is 30.0 Å². The van der Waals surface area contributed by atoms with E-state index in [-0.39, 0.29) is 11.9 Å². The first-order valence-electron chi connectivity index (χ1n) is 6.57. The molecule has 0 aliphatic carbocycles. The number of amides is 1. The SMILES string of the molecule is Cc1nc(SCC(=O)N2c3ccccc3CC2C)n[nH]1. The van der Waals surface area contributed by atoms with Crippen LogP contribution in [-0.4, -0.2) is 32.9 Å². The molecular weight excluding hydrogens is 272 g/mol. The van der Waals surface area contributed by atoms with E-state index in [2.05, 4.69) is 28.2 Å². The van der Waals surface area contributed by atoms with Crippen molar-refractivity contribution in [3.05, 3.63) is 35.7 Å². The summed E-state index contributed by atoms with van der Waals surface area (Å²) < 4.78 is 0. The highest BCUT2D eigenvalue weighted by molar-refractivity contribution is 7.99. The van der Waals surface area contributed by atoms with Crippen molar-refractivity contribution in [2.45, 2.75) is 31.5 Å². The van der Waals surface area contributed by atoms with Gasteiger partial charge in [-0.15, -0.1) is 5.10 Å². The molecule has 1 aliphatic rings. The van der Waals surface area contributed by atoms with Gasteiger partial charge >= 0.3 is 0 Å². The van der Waals surface area contributed by atoms with Crippen molar-refractivity contribution >= 4 is 23.4 Å². The van der Waals surface area contributed by atoms with Crippen molar-refractivity contribution < 1.29 is 4.79 Å². The van der Waals surface area contributed by atoms with Crippen LogP contribution in [0, 0.1) is 6.92 Å². The number of benzene rings is 1. The summed E-state index contributed by atoms with van der Waals surface area (Å²) in [7, 11) is 0. The minimum atomic E-state index is 0.106. The number of rotatable bonds is 3. The van der Waals surface area contributed by atoms with Gasteiger partial charge in [-0.05, 0) is 31.9 Å². The Balaban J connectivity index is 1.71. The van der Waals surface area contributed by atoms with E-state index in [9.17, 15) is 4.79 Å². The minimum absolute atomic E-state index is 0.106. The summed E-state index contributed by atoms with van der Waals surface area (Å²) >= 11 is 1.37. The first-order valence-corrected chi connectivity index (χ1v) is 7.55. The predicted octanol–water partition coefficient (Wildman–Crippen LogP) is 2.18. The zero-order valence-corrected chi connectivity index (χ0v) is 12.3. The molecule has 0 spiro atoms. The van der Waals surface area contributed by atoms with Gasteiger partial charge in [-0.1, -0.05) is 30.0 Å². The number of fused-ring (bicyclic) bond motifs is 1. The molecule has 104 valence electrons. The van der Waals surface area contributed by atoms with E-state index in [1.165, 1.54) is 17.3 Å². The van der Waals surface area contributed by atoms with Crippen molar-refractivity contribution in [3.8, 4) is 0 Å². The molecule has 0 fully saturated rings. The summed E-state index contributed by atoms with van der Waals surface area (Å²) in [5, 5.41) is 7.43. The van der Waals surface area contributed by atoms with Gasteiger partial charge in [0.25, 0.3) is 0 Å². The van der Waals surface area contributed by atoms with Crippen molar-refractivity contribution in [2.24, 2.45) is 0 Å². The van der Waals surface area contributed by atoms with Crippen LogP contribution in [0.1, 0.15) is 18.3 Å². The van der Waals surface area contributed by atoms with Gasteiger partial charge in [0.15, 0.2) is 0 Å². The third-order valence-electron chi connectivity index (χ3n) is 3.38. The average Bonchev–Trinajstić information content (AvgIpc) is 2.98. The van der Waals surface area contributed by atoms with Gasteiger partial charge in [-0.25, -0.2) is 4.98 Å². The Kier molecular flexibility index (Phi) is 3.48. The topological polar surface area (TPSA) is 61.9 Å². The highest BCUT2D eigenvalue weighted by Gasteiger charge is 2.30. The Bertz CT molecular complexity index is 640. The number of aromatic amines is 1. The summed E-state index contributed by atoms with van der Waals surface area (Å²) in [4.78, 5) is 18.5. The van der Waals surface area contributed by atoms with Crippen molar-refractivity contribution in [1.29, 1.82) is 0 Å². The molecule has 1 aromatic heterocycles. The molecule has 5 nitrogen and oxygen atoms in total. The van der Waals surface area contributed by atoms with Gasteiger partial charge in [-0.2, -0.15) is 0 Å². The maximum atomic E-state index is 12.4. The largest absolute Gasteiger partial charge is 0.308 e. The first-order chi connectivity index (χ1) is 9.65. The molecule has 1 atom stereocenters. The van der Waals surface area contributed by atoms with E-state index >= 15 is 0 Å². The van der Waals surface area contributed by atoms with Crippen LogP contribution in [-0.2, 0) is 11.2 Å². The van der Waals surface area contributed by atoms with Gasteiger partial charge in [-0.3, -0.25) is 9.89 Å². The standard InChI is InChI=1S/C14H16N4OS/c1-9-7-11-5-3-4-6-12(11)18(9)13(19)8-20-14-15-10(2)16-17-14/h3-6,9H,7-8H2,1-2H3,(H,15,16,17). The summed E-state index contributed by atoms with van der Waals surface area (Å²) in [6.07, 6.45) is 0.923. The van der Waals surface area contributed by atoms with E-state index in [0.717, 1.165) is 17.9 Å². The number of para-hydroxylation sites is 1. The number of thioether (sulfide) groups is 1. The fourth-order valence-electron chi connectivity index (χ4n) is 2.53. The molecule has 0 saturated heterocycles. The Hall–Kier alpha value is -1.82. The second-order valence-corrected chi connectivity index (χ2v) is 5.88. The number of hydrogen-bond acceptors (Lipinski definition) is 4. The number of H-pyrrole nitrogens is 1. The summed E-state index contributed by atoms with van der Waals surface area (Å²) in [6, 6.07) is 8.31. The molecule has 6 heteroatoms. The average molecular weight is 288 g/mol. The predicted molar refractivity (Wildman–Crippen MR) is 78.9 cm³/mol. The first kappa shape index (κ1) is 13.2. The number of nitrogens with one attached hydrogen (secondary N) is 1. The number of hydrogen-bond donors (Lipinski definition) is 1. The summed E-state index contributed by atoms with van der Waals surface area (Å²) in [6.45, 7) is 3.93. The van der Waals surface area contributed by atoms with Crippen LogP contribution in [0.3, 0.4) is 0 Å².